The molecule has 0 aliphatic heterocycles. The number of nitrogen functional groups attached to an aromatic ring is 1. The molecule has 0 aliphatic rings. The second kappa shape index (κ2) is 3.83. The van der Waals surface area contributed by atoms with E-state index in [9.17, 15) is 8.78 Å². The summed E-state index contributed by atoms with van der Waals surface area (Å²) in [5, 5.41) is 8.51. The Balaban J connectivity index is 3.33. The van der Waals surface area contributed by atoms with Gasteiger partial charge in [0.1, 0.15) is 6.07 Å². The third-order valence-electron chi connectivity index (χ3n) is 1.43. The second-order valence-electron chi connectivity index (χ2n) is 2.20. The third kappa shape index (κ3) is 1.85. The molecule has 0 bridgehead atoms. The van der Waals surface area contributed by atoms with Gasteiger partial charge in [-0.2, -0.15) is 5.26 Å². The lowest BCUT2D eigenvalue weighted by atomic mass is 10.2. The largest absolute Gasteiger partial charge is 0.397 e. The molecule has 0 saturated carbocycles. The lowest BCUT2D eigenvalue weighted by Gasteiger charge is -2.05. The van der Waals surface area contributed by atoms with Crippen molar-refractivity contribution in [2.75, 3.05) is 5.73 Å². The molecule has 6 heteroatoms. The number of nitrogens with zero attached hydrogens (tertiary/aromatic N) is 2. The predicted molar refractivity (Wildman–Crippen MR) is 51.0 cm³/mol. The molecular formula is C7H4F2IN3. The summed E-state index contributed by atoms with van der Waals surface area (Å²) < 4.78 is 24.8. The second-order valence-corrected chi connectivity index (χ2v) is 3.28. The van der Waals surface area contributed by atoms with Gasteiger partial charge < -0.3 is 5.73 Å². The number of halogens is 3. The molecular weight excluding hydrogens is 291 g/mol. The van der Waals surface area contributed by atoms with Crippen molar-refractivity contribution in [3.05, 3.63) is 21.0 Å². The highest BCUT2D eigenvalue weighted by atomic mass is 127. The number of pyridine rings is 1. The number of alkyl halides is 2. The summed E-state index contributed by atoms with van der Waals surface area (Å²) in [6, 6.07) is 1.76. The zero-order chi connectivity index (χ0) is 10.0. The smallest absolute Gasteiger partial charge is 0.267 e. The van der Waals surface area contributed by atoms with Gasteiger partial charge in [0.25, 0.3) is 6.43 Å². The molecule has 0 radical (unpaired) electrons. The lowest BCUT2D eigenvalue weighted by Crippen LogP contribution is -2.02. The van der Waals surface area contributed by atoms with Crippen molar-refractivity contribution < 1.29 is 8.78 Å². The summed E-state index contributed by atoms with van der Waals surface area (Å²) in [4.78, 5) is 3.55. The SMILES string of the molecule is N#Cc1ncc(C(F)F)c(N)c1I. The minimum atomic E-state index is -2.66. The average Bonchev–Trinajstić information content (AvgIpc) is 2.09. The van der Waals surface area contributed by atoms with Gasteiger partial charge in [0.2, 0.25) is 0 Å². The standard InChI is InChI=1S/C7H4F2IN3/c8-7(9)3-2-13-4(1-11)5(10)6(3)12/h2,7H,(H2,12,13). The minimum Gasteiger partial charge on any atom is -0.397 e. The van der Waals surface area contributed by atoms with Crippen molar-refractivity contribution in [1.82, 2.24) is 4.98 Å². The molecule has 1 aromatic heterocycles. The van der Waals surface area contributed by atoms with Gasteiger partial charge in [-0.15, -0.1) is 0 Å². The van der Waals surface area contributed by atoms with Gasteiger partial charge in [-0.05, 0) is 22.6 Å². The quantitative estimate of drug-likeness (QED) is 0.807. The fourth-order valence-electron chi connectivity index (χ4n) is 0.766. The molecule has 68 valence electrons. The molecule has 0 fully saturated rings. The normalized spacial score (nSPS) is 10.1. The number of hydrogen-bond acceptors (Lipinski definition) is 3. The van der Waals surface area contributed by atoms with Crippen LogP contribution in [0.25, 0.3) is 0 Å². The van der Waals surface area contributed by atoms with Gasteiger partial charge in [-0.3, -0.25) is 0 Å². The number of aromatic nitrogens is 1. The Morgan fingerprint density at radius 3 is 2.69 bits per heavy atom. The summed E-state index contributed by atoms with van der Waals surface area (Å²) in [6.45, 7) is 0. The fraction of sp³-hybridized carbons (Fsp3) is 0.143. The maximum Gasteiger partial charge on any atom is 0.267 e. The molecule has 1 heterocycles. The van der Waals surface area contributed by atoms with Crippen LogP contribution in [0, 0.1) is 14.9 Å². The van der Waals surface area contributed by atoms with E-state index < -0.39 is 6.43 Å². The molecule has 0 unspecified atom stereocenters. The third-order valence-corrected chi connectivity index (χ3v) is 2.52. The van der Waals surface area contributed by atoms with Crippen LogP contribution in [0.15, 0.2) is 6.20 Å². The van der Waals surface area contributed by atoms with Crippen LogP contribution in [0.4, 0.5) is 14.5 Å². The topological polar surface area (TPSA) is 62.7 Å². The Morgan fingerprint density at radius 1 is 1.62 bits per heavy atom. The molecule has 0 spiro atoms. The Kier molecular flexibility index (Phi) is 2.98. The van der Waals surface area contributed by atoms with E-state index >= 15 is 0 Å². The van der Waals surface area contributed by atoms with Gasteiger partial charge in [0.05, 0.1) is 14.8 Å². The summed E-state index contributed by atoms with van der Waals surface area (Å²) in [6.07, 6.45) is -1.73. The molecule has 0 aliphatic carbocycles. The number of hydrogen-bond donors (Lipinski definition) is 1. The van der Waals surface area contributed by atoms with E-state index in [-0.39, 0.29) is 20.5 Å². The van der Waals surface area contributed by atoms with Crippen LogP contribution in [0.1, 0.15) is 17.7 Å². The maximum atomic E-state index is 12.2. The van der Waals surface area contributed by atoms with Crippen molar-refractivity contribution >= 4 is 28.3 Å². The molecule has 1 aromatic rings. The first-order valence-electron chi connectivity index (χ1n) is 3.20. The predicted octanol–water partition coefficient (Wildman–Crippen LogP) is 2.08. The average molecular weight is 295 g/mol. The van der Waals surface area contributed by atoms with Crippen LogP contribution < -0.4 is 5.73 Å². The van der Waals surface area contributed by atoms with Crippen LogP contribution in [-0.4, -0.2) is 4.98 Å². The summed E-state index contributed by atoms with van der Waals surface area (Å²) in [5.74, 6) is 0. The molecule has 1 rings (SSSR count). The summed E-state index contributed by atoms with van der Waals surface area (Å²) in [7, 11) is 0. The molecule has 0 amide bonds. The van der Waals surface area contributed by atoms with E-state index in [4.69, 9.17) is 11.0 Å². The molecule has 0 aromatic carbocycles. The van der Waals surface area contributed by atoms with Crippen molar-refractivity contribution in [2.24, 2.45) is 0 Å². The zero-order valence-electron chi connectivity index (χ0n) is 6.26. The first-order chi connectivity index (χ1) is 6.07. The van der Waals surface area contributed by atoms with Gasteiger partial charge in [0, 0.05) is 6.20 Å². The highest BCUT2D eigenvalue weighted by molar-refractivity contribution is 14.1. The Labute approximate surface area is 86.7 Å². The molecule has 2 N–H and O–H groups in total. The Hall–Kier alpha value is -0.970. The summed E-state index contributed by atoms with van der Waals surface area (Å²) in [5.41, 5.74) is 5.06. The maximum absolute atomic E-state index is 12.2. The van der Waals surface area contributed by atoms with Crippen LogP contribution in [0.5, 0.6) is 0 Å². The minimum absolute atomic E-state index is 0.0675. The van der Waals surface area contributed by atoms with Gasteiger partial charge in [-0.25, -0.2) is 13.8 Å². The van der Waals surface area contributed by atoms with Crippen LogP contribution >= 0.6 is 22.6 Å². The van der Waals surface area contributed by atoms with E-state index in [2.05, 4.69) is 4.98 Å². The van der Waals surface area contributed by atoms with E-state index in [1.54, 1.807) is 28.7 Å². The van der Waals surface area contributed by atoms with Crippen molar-refractivity contribution in [1.29, 1.82) is 5.26 Å². The molecule has 0 saturated heterocycles. The van der Waals surface area contributed by atoms with E-state index in [1.807, 2.05) is 0 Å². The van der Waals surface area contributed by atoms with Crippen LogP contribution in [0.3, 0.4) is 0 Å². The number of nitriles is 1. The molecule has 13 heavy (non-hydrogen) atoms. The number of rotatable bonds is 1. The van der Waals surface area contributed by atoms with Gasteiger partial charge in [0.15, 0.2) is 5.69 Å². The van der Waals surface area contributed by atoms with Crippen molar-refractivity contribution in [3.8, 4) is 6.07 Å². The zero-order valence-corrected chi connectivity index (χ0v) is 8.42. The Morgan fingerprint density at radius 2 is 2.23 bits per heavy atom. The van der Waals surface area contributed by atoms with Gasteiger partial charge in [-0.1, -0.05) is 0 Å². The fourth-order valence-corrected chi connectivity index (χ4v) is 1.34. The van der Waals surface area contributed by atoms with Crippen molar-refractivity contribution in [3.63, 3.8) is 0 Å². The highest BCUT2D eigenvalue weighted by Gasteiger charge is 2.16. The molecule has 0 atom stereocenters. The number of anilines is 1. The number of nitrogens with two attached hydrogens (primary N) is 1. The monoisotopic (exact) mass is 295 g/mol. The lowest BCUT2D eigenvalue weighted by molar-refractivity contribution is 0.151. The summed E-state index contributed by atoms with van der Waals surface area (Å²) >= 11 is 1.72. The van der Waals surface area contributed by atoms with Crippen molar-refractivity contribution in [2.45, 2.75) is 6.43 Å². The van der Waals surface area contributed by atoms with E-state index in [1.165, 1.54) is 0 Å². The van der Waals surface area contributed by atoms with Crippen LogP contribution in [0.2, 0.25) is 0 Å². The molecule has 3 nitrogen and oxygen atoms in total. The van der Waals surface area contributed by atoms with E-state index in [0.717, 1.165) is 6.20 Å². The highest BCUT2D eigenvalue weighted by Crippen LogP contribution is 2.28. The van der Waals surface area contributed by atoms with Gasteiger partial charge >= 0.3 is 0 Å². The van der Waals surface area contributed by atoms with E-state index in [0.29, 0.717) is 0 Å². The first kappa shape index (κ1) is 10.1. The first-order valence-corrected chi connectivity index (χ1v) is 4.28. The van der Waals surface area contributed by atoms with Crippen LogP contribution in [-0.2, 0) is 0 Å². The Bertz CT molecular complexity index is 373.